The van der Waals surface area contributed by atoms with E-state index in [0.29, 0.717) is 55.9 Å². The lowest BCUT2D eigenvalue weighted by Crippen LogP contribution is -2.43. The second-order valence-corrected chi connectivity index (χ2v) is 11.3. The minimum absolute atomic E-state index is 0.0292. The molecule has 0 amide bonds. The van der Waals surface area contributed by atoms with E-state index in [2.05, 4.69) is 14.9 Å². The number of fused-ring (bicyclic) bond motifs is 3. The smallest absolute Gasteiger partial charge is 0.319 e. The van der Waals surface area contributed by atoms with Gasteiger partial charge in [0.2, 0.25) is 0 Å². The summed E-state index contributed by atoms with van der Waals surface area (Å²) in [5.74, 6) is -1.37. The average molecular weight is 565 g/mol. The summed E-state index contributed by atoms with van der Waals surface area (Å²) < 4.78 is 58.5. The zero-order valence-electron chi connectivity index (χ0n) is 22.6. The van der Waals surface area contributed by atoms with Crippen LogP contribution in [0.1, 0.15) is 25.7 Å². The number of benzene rings is 3. The minimum atomic E-state index is -0.913. The van der Waals surface area contributed by atoms with Crippen molar-refractivity contribution in [3.8, 4) is 22.9 Å². The van der Waals surface area contributed by atoms with Gasteiger partial charge in [-0.3, -0.25) is 4.90 Å². The van der Waals surface area contributed by atoms with Gasteiger partial charge in [0, 0.05) is 38.0 Å². The van der Waals surface area contributed by atoms with Crippen molar-refractivity contribution in [1.82, 2.24) is 14.9 Å². The first-order valence-corrected chi connectivity index (χ1v) is 14.2. The zero-order chi connectivity index (χ0) is 28.1. The molecule has 1 N–H and O–H groups in total. The zero-order valence-corrected chi connectivity index (χ0v) is 22.6. The van der Waals surface area contributed by atoms with Crippen LogP contribution in [-0.2, 0) is 4.74 Å². The molecule has 10 heteroatoms. The number of aromatic nitrogens is 2. The van der Waals surface area contributed by atoms with E-state index in [0.717, 1.165) is 25.8 Å². The highest BCUT2D eigenvalue weighted by molar-refractivity contribution is 6.01. The van der Waals surface area contributed by atoms with E-state index in [4.69, 9.17) is 9.47 Å². The third-order valence-corrected chi connectivity index (χ3v) is 8.71. The van der Waals surface area contributed by atoms with Crippen molar-refractivity contribution < 1.29 is 27.8 Å². The summed E-state index contributed by atoms with van der Waals surface area (Å²) in [6.45, 7) is 3.52. The van der Waals surface area contributed by atoms with E-state index in [1.807, 2.05) is 4.90 Å². The van der Waals surface area contributed by atoms with E-state index < -0.39 is 23.3 Å². The average Bonchev–Trinajstić information content (AvgIpc) is 3.33. The second-order valence-electron chi connectivity index (χ2n) is 11.3. The van der Waals surface area contributed by atoms with Crippen molar-refractivity contribution in [2.24, 2.45) is 0 Å². The number of rotatable bonds is 5. The van der Waals surface area contributed by atoms with E-state index in [9.17, 15) is 9.50 Å². The molecule has 4 heterocycles. The molecule has 0 aliphatic carbocycles. The largest absolute Gasteiger partial charge is 0.508 e. The lowest BCUT2D eigenvalue weighted by atomic mass is 9.95. The van der Waals surface area contributed by atoms with Gasteiger partial charge in [0.25, 0.3) is 0 Å². The molecule has 0 bridgehead atoms. The standard InChI is InChI=1S/C31H31F3N4O3/c32-20-16-31(7-3-9-38(31)17-20)18-41-30-35-28-24(29(36-30)37-8-4-11-40-12-10-37)15-25(33)26(27(28)34)23-14-21(39)13-19-5-1-2-6-22(19)23/h1-2,5-6,13-15,20,39H,3-4,7-12,16-18H2/t20-,31+/m1/s1. The molecular formula is C31H31F3N4O3. The molecular weight excluding hydrogens is 533 g/mol. The van der Waals surface area contributed by atoms with Crippen LogP contribution in [0.15, 0.2) is 42.5 Å². The normalized spacial score (nSPS) is 23.3. The molecule has 3 fully saturated rings. The predicted octanol–water partition coefficient (Wildman–Crippen LogP) is 5.62. The number of phenols is 1. The summed E-state index contributed by atoms with van der Waals surface area (Å²) in [4.78, 5) is 13.2. The molecule has 2 atom stereocenters. The molecule has 7 nitrogen and oxygen atoms in total. The topological polar surface area (TPSA) is 71.0 Å². The molecule has 4 aromatic rings. The first-order chi connectivity index (χ1) is 19.9. The maximum Gasteiger partial charge on any atom is 0.319 e. The van der Waals surface area contributed by atoms with Gasteiger partial charge in [-0.15, -0.1) is 0 Å². The SMILES string of the molecule is Oc1cc(-c2c(F)cc3c(N4CCCOCC4)nc(OC[C@@]45CCCN4C[C@H](F)C5)nc3c2F)c2ccccc2c1. The molecule has 7 rings (SSSR count). The van der Waals surface area contributed by atoms with E-state index in [1.54, 1.807) is 30.3 Å². The molecule has 0 unspecified atom stereocenters. The van der Waals surface area contributed by atoms with Crippen molar-refractivity contribution in [3.63, 3.8) is 0 Å². The van der Waals surface area contributed by atoms with Crippen LogP contribution >= 0.6 is 0 Å². The van der Waals surface area contributed by atoms with Crippen LogP contribution < -0.4 is 9.64 Å². The molecule has 0 spiro atoms. The van der Waals surface area contributed by atoms with Crippen molar-refractivity contribution in [1.29, 1.82) is 0 Å². The maximum absolute atomic E-state index is 16.5. The first-order valence-electron chi connectivity index (χ1n) is 14.2. The molecule has 3 saturated heterocycles. The van der Waals surface area contributed by atoms with Gasteiger partial charge in [0.1, 0.15) is 35.7 Å². The number of ether oxygens (including phenoxy) is 2. The molecule has 214 valence electrons. The Hall–Kier alpha value is -3.63. The lowest BCUT2D eigenvalue weighted by Gasteiger charge is -2.31. The van der Waals surface area contributed by atoms with Crippen molar-refractivity contribution in [2.45, 2.75) is 37.4 Å². The monoisotopic (exact) mass is 564 g/mol. The Morgan fingerprint density at radius 1 is 1.02 bits per heavy atom. The predicted molar refractivity (Wildman–Crippen MR) is 150 cm³/mol. The fourth-order valence-electron chi connectivity index (χ4n) is 6.82. The number of hydrogen-bond donors (Lipinski definition) is 1. The molecule has 3 aromatic carbocycles. The quantitative estimate of drug-likeness (QED) is 0.338. The Morgan fingerprint density at radius 2 is 1.90 bits per heavy atom. The molecule has 41 heavy (non-hydrogen) atoms. The Labute approximate surface area is 235 Å². The second kappa shape index (κ2) is 10.3. The van der Waals surface area contributed by atoms with E-state index >= 15 is 8.78 Å². The van der Waals surface area contributed by atoms with Crippen molar-refractivity contribution >= 4 is 27.5 Å². The molecule has 1 aromatic heterocycles. The van der Waals surface area contributed by atoms with Crippen LogP contribution in [0.5, 0.6) is 11.8 Å². The van der Waals surface area contributed by atoms with Gasteiger partial charge < -0.3 is 19.5 Å². The fourth-order valence-corrected chi connectivity index (χ4v) is 6.82. The highest BCUT2D eigenvalue weighted by atomic mass is 19.1. The summed E-state index contributed by atoms with van der Waals surface area (Å²) in [5, 5.41) is 11.9. The van der Waals surface area contributed by atoms with E-state index in [1.165, 1.54) is 12.1 Å². The molecule has 0 saturated carbocycles. The number of aromatic hydroxyl groups is 1. The maximum atomic E-state index is 16.5. The third kappa shape index (κ3) is 4.63. The van der Waals surface area contributed by atoms with Gasteiger partial charge in [0.05, 0.1) is 17.7 Å². The van der Waals surface area contributed by atoms with Crippen LogP contribution in [0.2, 0.25) is 0 Å². The number of anilines is 1. The van der Waals surface area contributed by atoms with E-state index in [-0.39, 0.29) is 40.4 Å². The van der Waals surface area contributed by atoms with Gasteiger partial charge in [-0.05, 0) is 60.3 Å². The summed E-state index contributed by atoms with van der Waals surface area (Å²) >= 11 is 0. The number of hydrogen-bond acceptors (Lipinski definition) is 7. The summed E-state index contributed by atoms with van der Waals surface area (Å²) in [6, 6.07) is 11.3. The Balaban J connectivity index is 1.37. The Kier molecular flexibility index (Phi) is 6.62. The van der Waals surface area contributed by atoms with Crippen LogP contribution in [-0.4, -0.2) is 77.7 Å². The van der Waals surface area contributed by atoms with Gasteiger partial charge >= 0.3 is 6.01 Å². The Morgan fingerprint density at radius 3 is 2.80 bits per heavy atom. The van der Waals surface area contributed by atoms with Crippen LogP contribution in [0.3, 0.4) is 0 Å². The van der Waals surface area contributed by atoms with Gasteiger partial charge in [-0.25, -0.2) is 13.2 Å². The number of alkyl halides is 1. The number of phenolic OH excluding ortho intramolecular Hbond substituents is 1. The van der Waals surface area contributed by atoms with Gasteiger partial charge in [0.15, 0.2) is 5.82 Å². The van der Waals surface area contributed by atoms with Gasteiger partial charge in [-0.2, -0.15) is 9.97 Å². The highest BCUT2D eigenvalue weighted by Gasteiger charge is 2.49. The number of nitrogens with zero attached hydrogens (tertiary/aromatic N) is 4. The van der Waals surface area contributed by atoms with Crippen LogP contribution in [0.4, 0.5) is 19.0 Å². The van der Waals surface area contributed by atoms with Gasteiger partial charge in [-0.1, -0.05) is 24.3 Å². The van der Waals surface area contributed by atoms with Crippen molar-refractivity contribution in [2.75, 3.05) is 50.9 Å². The highest BCUT2D eigenvalue weighted by Crippen LogP contribution is 2.42. The minimum Gasteiger partial charge on any atom is -0.508 e. The summed E-state index contributed by atoms with van der Waals surface area (Å²) in [6.07, 6.45) is 1.97. The van der Waals surface area contributed by atoms with Crippen molar-refractivity contribution in [3.05, 3.63) is 54.1 Å². The fraction of sp³-hybridized carbons (Fsp3) is 0.419. The van der Waals surface area contributed by atoms with Crippen LogP contribution in [0, 0.1) is 11.6 Å². The Bertz CT molecular complexity index is 1630. The third-order valence-electron chi connectivity index (χ3n) is 8.71. The first kappa shape index (κ1) is 26.3. The summed E-state index contributed by atoms with van der Waals surface area (Å²) in [7, 11) is 0. The summed E-state index contributed by atoms with van der Waals surface area (Å²) in [5.41, 5.74) is -0.560. The van der Waals surface area contributed by atoms with Crippen LogP contribution in [0.25, 0.3) is 32.8 Å². The molecule has 3 aliphatic rings. The molecule has 3 aliphatic heterocycles. The molecule has 0 radical (unpaired) electrons. The number of halogens is 3. The lowest BCUT2D eigenvalue weighted by molar-refractivity contribution is 0.107.